The minimum Gasteiger partial charge on any atom is -0.772 e. The van der Waals surface area contributed by atoms with E-state index in [1.54, 1.807) is 0 Å². The van der Waals surface area contributed by atoms with Crippen molar-refractivity contribution < 1.29 is 26.2 Å². The molecule has 1 unspecified atom stereocenters. The molecule has 0 heterocycles. The number of rotatable bonds is 5. The molecule has 68 valence electrons. The van der Waals surface area contributed by atoms with Crippen molar-refractivity contribution in [3.8, 4) is 0 Å². The summed E-state index contributed by atoms with van der Waals surface area (Å²) < 4.78 is 55.6. The van der Waals surface area contributed by atoms with Gasteiger partial charge in [0.15, 0.2) is 0 Å². The van der Waals surface area contributed by atoms with Crippen LogP contribution >= 0.6 is 7.99 Å². The molecule has 0 aliphatic rings. The zero-order valence-electron chi connectivity index (χ0n) is 5.37. The van der Waals surface area contributed by atoms with Gasteiger partial charge in [0.1, 0.15) is 0 Å². The van der Waals surface area contributed by atoms with Crippen LogP contribution in [0.15, 0.2) is 0 Å². The Morgan fingerprint density at radius 3 is 2.45 bits per heavy atom. The van der Waals surface area contributed by atoms with E-state index in [2.05, 4.69) is 4.52 Å². The molecule has 0 aliphatic carbocycles. The lowest BCUT2D eigenvalue weighted by atomic mass is 10.5. The van der Waals surface area contributed by atoms with E-state index < -0.39 is 25.7 Å². The highest BCUT2D eigenvalue weighted by Crippen LogP contribution is 2.50. The van der Waals surface area contributed by atoms with Gasteiger partial charge in [-0.15, -0.1) is 8.39 Å². The van der Waals surface area contributed by atoms with Gasteiger partial charge in [0.2, 0.25) is 0 Å². The fourth-order valence-corrected chi connectivity index (χ4v) is 1.04. The van der Waals surface area contributed by atoms with Crippen molar-refractivity contribution in [3.05, 3.63) is 0 Å². The Kier molecular flexibility index (Phi) is 4.99. The monoisotopic (exact) mass is 207 g/mol. The average Bonchev–Trinajstić information content (AvgIpc) is 1.78. The van der Waals surface area contributed by atoms with E-state index in [0.29, 0.717) is 0 Å². The van der Waals surface area contributed by atoms with Gasteiger partial charge in [0.05, 0.1) is 6.61 Å². The maximum Gasteiger partial charge on any atom is 0.551 e. The van der Waals surface area contributed by atoms with Gasteiger partial charge in [-0.05, 0) is 6.42 Å². The minimum atomic E-state index is -5.43. The molecule has 0 bridgehead atoms. The second kappa shape index (κ2) is 4.92. The molecule has 1 atom stereocenters. The Balaban J connectivity index is 3.29. The van der Waals surface area contributed by atoms with Crippen molar-refractivity contribution in [1.82, 2.24) is 0 Å². The average molecular weight is 207 g/mol. The first-order chi connectivity index (χ1) is 4.92. The number of hydrogen-bond acceptors (Lipinski definition) is 4. The lowest BCUT2D eigenvalue weighted by Crippen LogP contribution is -1.99. The summed E-state index contributed by atoms with van der Waals surface area (Å²) in [5, 5.41) is 0. The first-order valence-corrected chi connectivity index (χ1v) is 5.26. The Morgan fingerprint density at radius 1 is 1.55 bits per heavy atom. The number of halogens is 2. The highest BCUT2D eigenvalue weighted by atomic mass is 32.2. The molecule has 0 rings (SSSR count). The fraction of sp³-hybridized carbons (Fsp3) is 1.00. The molecule has 11 heavy (non-hydrogen) atoms. The predicted molar refractivity (Wildman–Crippen MR) is 34.2 cm³/mol. The molecule has 0 aromatic heterocycles. The van der Waals surface area contributed by atoms with Crippen LogP contribution in [0.3, 0.4) is 0 Å². The van der Waals surface area contributed by atoms with Crippen molar-refractivity contribution in [2.24, 2.45) is 0 Å². The van der Waals surface area contributed by atoms with Crippen LogP contribution in [0.2, 0.25) is 0 Å². The molecule has 0 aliphatic heterocycles. The van der Waals surface area contributed by atoms with Crippen molar-refractivity contribution in [1.29, 1.82) is 0 Å². The quantitative estimate of drug-likeness (QED) is 0.387. The van der Waals surface area contributed by atoms with Gasteiger partial charge in [-0.2, -0.15) is 0 Å². The first-order valence-electron chi connectivity index (χ1n) is 2.61. The molecule has 0 aromatic carbocycles. The topological polar surface area (TPSA) is 66.4 Å². The molecule has 0 saturated heterocycles. The summed E-state index contributed by atoms with van der Waals surface area (Å²) >= 11 is -2.26. The van der Waals surface area contributed by atoms with Gasteiger partial charge < -0.3 is 4.55 Å². The smallest absolute Gasteiger partial charge is 0.551 e. The van der Waals surface area contributed by atoms with Crippen LogP contribution in [-0.2, 0) is 20.2 Å². The zero-order chi connectivity index (χ0) is 8.91. The van der Waals surface area contributed by atoms with Gasteiger partial charge >= 0.3 is 7.99 Å². The summed E-state index contributed by atoms with van der Waals surface area (Å²) in [6, 6.07) is 0. The Labute approximate surface area is 64.9 Å². The maximum absolute atomic E-state index is 11.4. The van der Waals surface area contributed by atoms with Crippen LogP contribution in [0.25, 0.3) is 0 Å². The van der Waals surface area contributed by atoms with Crippen LogP contribution in [0.1, 0.15) is 6.42 Å². The Bertz CT molecular complexity index is 180. The minimum absolute atomic E-state index is 0.0755. The molecule has 0 aromatic rings. The fourth-order valence-electron chi connectivity index (χ4n) is 0.348. The number of hydrogen-bond donors (Lipinski definition) is 0. The van der Waals surface area contributed by atoms with Crippen molar-refractivity contribution in [3.63, 3.8) is 0 Å². The van der Waals surface area contributed by atoms with Crippen molar-refractivity contribution in [2.45, 2.75) is 6.42 Å². The van der Waals surface area contributed by atoms with E-state index in [1.165, 1.54) is 0 Å². The summed E-state index contributed by atoms with van der Waals surface area (Å²) in [6.07, 6.45) is -0.0755. The van der Waals surface area contributed by atoms with Crippen LogP contribution in [-0.4, -0.2) is 21.1 Å². The van der Waals surface area contributed by atoms with E-state index in [9.17, 15) is 21.7 Å². The molecular formula is C3H6F2O4PS-. The summed E-state index contributed by atoms with van der Waals surface area (Å²) in [5.74, 6) is -0.264. The summed E-state index contributed by atoms with van der Waals surface area (Å²) in [6.45, 7) is -0.502. The van der Waals surface area contributed by atoms with Gasteiger partial charge in [-0.25, -0.2) is 4.57 Å². The second-order valence-electron chi connectivity index (χ2n) is 1.61. The first kappa shape index (κ1) is 11.2. The molecule has 0 fully saturated rings. The van der Waals surface area contributed by atoms with Crippen molar-refractivity contribution >= 4 is 19.1 Å². The third kappa shape index (κ3) is 10.2. The van der Waals surface area contributed by atoms with Gasteiger partial charge in [-0.3, -0.25) is 8.73 Å². The largest absolute Gasteiger partial charge is 0.772 e. The normalized spacial score (nSPS) is 14.8. The third-order valence-corrected chi connectivity index (χ3v) is 1.80. The molecule has 0 radical (unpaired) electrons. The molecular weight excluding hydrogens is 201 g/mol. The lowest BCUT2D eigenvalue weighted by Gasteiger charge is -2.03. The highest BCUT2D eigenvalue weighted by Gasteiger charge is 2.19. The van der Waals surface area contributed by atoms with Crippen LogP contribution < -0.4 is 0 Å². The Morgan fingerprint density at radius 2 is 2.09 bits per heavy atom. The molecule has 8 heteroatoms. The molecule has 0 saturated carbocycles. The molecule has 0 amide bonds. The van der Waals surface area contributed by atoms with E-state index in [4.69, 9.17) is 0 Å². The van der Waals surface area contributed by atoms with E-state index >= 15 is 0 Å². The SMILES string of the molecule is O=S([O-])CCCOP(=O)(F)F. The summed E-state index contributed by atoms with van der Waals surface area (Å²) in [7, 11) is -5.43. The summed E-state index contributed by atoms with van der Waals surface area (Å²) in [4.78, 5) is 0. The van der Waals surface area contributed by atoms with Gasteiger partial charge in [-0.1, -0.05) is 11.1 Å². The molecule has 0 N–H and O–H groups in total. The maximum atomic E-state index is 11.4. The van der Waals surface area contributed by atoms with Crippen LogP contribution in [0.5, 0.6) is 0 Å². The summed E-state index contributed by atoms with van der Waals surface area (Å²) in [5.41, 5.74) is 0. The molecule has 0 spiro atoms. The highest BCUT2D eigenvalue weighted by molar-refractivity contribution is 7.79. The standard InChI is InChI=1S/C3H7F2O4PS/c4-10(5,6)9-2-1-3-11(7)8/h1-3H2,(H,7,8)/p-1. The van der Waals surface area contributed by atoms with Gasteiger partial charge in [0, 0.05) is 5.75 Å². The second-order valence-corrected chi connectivity index (χ2v) is 3.71. The predicted octanol–water partition coefficient (Wildman–Crippen LogP) is 1.32. The lowest BCUT2D eigenvalue weighted by molar-refractivity contribution is 0.256. The van der Waals surface area contributed by atoms with E-state index in [-0.39, 0.29) is 12.2 Å². The van der Waals surface area contributed by atoms with E-state index in [0.717, 1.165) is 0 Å². The third-order valence-electron chi connectivity index (χ3n) is 0.697. The van der Waals surface area contributed by atoms with Crippen LogP contribution in [0, 0.1) is 0 Å². The van der Waals surface area contributed by atoms with E-state index in [1.807, 2.05) is 0 Å². The van der Waals surface area contributed by atoms with Gasteiger partial charge in [0.25, 0.3) is 0 Å². The Hall–Kier alpha value is 0.160. The van der Waals surface area contributed by atoms with Crippen molar-refractivity contribution in [2.75, 3.05) is 12.4 Å². The molecule has 4 nitrogen and oxygen atoms in total. The zero-order valence-corrected chi connectivity index (χ0v) is 7.08. The van der Waals surface area contributed by atoms with Crippen LogP contribution in [0.4, 0.5) is 8.39 Å².